The third-order valence-corrected chi connectivity index (χ3v) is 2.85. The van der Waals surface area contributed by atoms with E-state index in [1.165, 1.54) is 6.07 Å². The molecule has 0 aliphatic heterocycles. The van der Waals surface area contributed by atoms with Crippen LogP contribution in [0.2, 0.25) is 0 Å². The molecule has 9 nitrogen and oxygen atoms in total. The maximum absolute atomic E-state index is 11.8. The molecule has 1 aromatic rings. The lowest BCUT2D eigenvalue weighted by molar-refractivity contribution is -0.385. The third-order valence-electron chi connectivity index (χ3n) is 2.85. The predicted octanol–water partition coefficient (Wildman–Crippen LogP) is 1.91. The molecule has 1 aromatic carbocycles. The summed E-state index contributed by atoms with van der Waals surface area (Å²) in [5.74, 6) is -1.21. The Morgan fingerprint density at radius 3 is 2.50 bits per heavy atom. The molecule has 0 fully saturated rings. The van der Waals surface area contributed by atoms with E-state index in [2.05, 4.69) is 10.1 Å². The van der Waals surface area contributed by atoms with Crippen LogP contribution in [0.1, 0.15) is 26.3 Å². The number of methoxy groups -OCH3 is 1. The monoisotopic (exact) mass is 340 g/mol. The number of phenols is 1. The summed E-state index contributed by atoms with van der Waals surface area (Å²) in [7, 11) is 1.16. The van der Waals surface area contributed by atoms with Gasteiger partial charge in [-0.15, -0.1) is 0 Å². The number of ether oxygens (including phenoxy) is 2. The molecule has 2 N–H and O–H groups in total. The van der Waals surface area contributed by atoms with Gasteiger partial charge in [0.25, 0.3) is 0 Å². The average molecular weight is 340 g/mol. The molecule has 24 heavy (non-hydrogen) atoms. The molecule has 0 saturated heterocycles. The van der Waals surface area contributed by atoms with Crippen molar-refractivity contribution in [1.82, 2.24) is 5.32 Å². The lowest BCUT2D eigenvalue weighted by Gasteiger charge is -2.22. The number of hydrogen-bond acceptors (Lipinski definition) is 7. The van der Waals surface area contributed by atoms with Crippen LogP contribution in [0.5, 0.6) is 5.75 Å². The van der Waals surface area contributed by atoms with Crippen LogP contribution in [0, 0.1) is 10.1 Å². The lowest BCUT2D eigenvalue weighted by atomic mass is 10.0. The first-order valence-electron chi connectivity index (χ1n) is 7.07. The predicted molar refractivity (Wildman–Crippen MR) is 83.6 cm³/mol. The van der Waals surface area contributed by atoms with Crippen LogP contribution in [0.25, 0.3) is 0 Å². The van der Waals surface area contributed by atoms with Gasteiger partial charge in [-0.05, 0) is 32.4 Å². The van der Waals surface area contributed by atoms with Gasteiger partial charge in [-0.3, -0.25) is 10.1 Å². The lowest BCUT2D eigenvalue weighted by Crippen LogP contribution is -2.45. The maximum atomic E-state index is 11.8. The van der Waals surface area contributed by atoms with Gasteiger partial charge in [-0.25, -0.2) is 9.59 Å². The Morgan fingerprint density at radius 1 is 1.38 bits per heavy atom. The standard InChI is InChI=1S/C15H20N2O7/c1-15(2,3)24-14(20)16-10(13(19)23-4)7-9-5-6-12(18)11(8-9)17(21)22/h5-6,8,10,18H,7H2,1-4H3,(H,16,20)/t10-/m0/s1. The van der Waals surface area contributed by atoms with E-state index >= 15 is 0 Å². The minimum absolute atomic E-state index is 0.0625. The van der Waals surface area contributed by atoms with Gasteiger partial charge in [-0.1, -0.05) is 6.07 Å². The Morgan fingerprint density at radius 2 is 2.00 bits per heavy atom. The molecular weight excluding hydrogens is 320 g/mol. The van der Waals surface area contributed by atoms with Crippen LogP contribution in [-0.2, 0) is 20.7 Å². The molecule has 0 heterocycles. The molecule has 1 amide bonds. The SMILES string of the molecule is COC(=O)[C@H](Cc1ccc(O)c([N+](=O)[O-])c1)NC(=O)OC(C)(C)C. The van der Waals surface area contributed by atoms with Crippen LogP contribution in [0.3, 0.4) is 0 Å². The smallest absolute Gasteiger partial charge is 0.408 e. The molecule has 132 valence electrons. The molecule has 9 heteroatoms. The Hall–Kier alpha value is -2.84. The van der Waals surface area contributed by atoms with Crippen LogP contribution < -0.4 is 5.32 Å². The van der Waals surface area contributed by atoms with Crippen molar-refractivity contribution in [2.45, 2.75) is 38.8 Å². The number of phenolic OH excluding ortho intramolecular Hbond substituents is 1. The normalized spacial score (nSPS) is 12.2. The minimum Gasteiger partial charge on any atom is -0.502 e. The summed E-state index contributed by atoms with van der Waals surface area (Å²) in [5.41, 5.74) is -0.874. The van der Waals surface area contributed by atoms with Gasteiger partial charge in [0.05, 0.1) is 12.0 Å². The molecule has 0 aromatic heterocycles. The van der Waals surface area contributed by atoms with Crippen LogP contribution >= 0.6 is 0 Å². The number of nitrogens with one attached hydrogen (secondary N) is 1. The molecule has 0 aliphatic carbocycles. The summed E-state index contributed by atoms with van der Waals surface area (Å²) in [5, 5.41) is 22.7. The number of nitro groups is 1. The number of benzene rings is 1. The summed E-state index contributed by atoms with van der Waals surface area (Å²) < 4.78 is 9.70. The van der Waals surface area contributed by atoms with Gasteiger partial charge in [0.2, 0.25) is 0 Å². The average Bonchev–Trinajstić information content (AvgIpc) is 2.45. The summed E-state index contributed by atoms with van der Waals surface area (Å²) in [4.78, 5) is 33.8. The highest BCUT2D eigenvalue weighted by Crippen LogP contribution is 2.26. The van der Waals surface area contributed by atoms with Crippen molar-refractivity contribution in [1.29, 1.82) is 0 Å². The van der Waals surface area contributed by atoms with Gasteiger partial charge in [0.1, 0.15) is 11.6 Å². The van der Waals surface area contributed by atoms with Crippen molar-refractivity contribution in [3.05, 3.63) is 33.9 Å². The Balaban J connectivity index is 2.95. The summed E-state index contributed by atoms with van der Waals surface area (Å²) in [6, 6.07) is 2.60. The highest BCUT2D eigenvalue weighted by Gasteiger charge is 2.26. The van der Waals surface area contributed by atoms with Gasteiger partial charge in [0, 0.05) is 12.5 Å². The van der Waals surface area contributed by atoms with Crippen molar-refractivity contribution in [3.8, 4) is 5.75 Å². The first-order chi connectivity index (χ1) is 11.0. The summed E-state index contributed by atoms with van der Waals surface area (Å²) >= 11 is 0. The fraction of sp³-hybridized carbons (Fsp3) is 0.467. The highest BCUT2D eigenvalue weighted by atomic mass is 16.6. The fourth-order valence-electron chi connectivity index (χ4n) is 1.86. The summed E-state index contributed by atoms with van der Waals surface area (Å²) in [6.07, 6.45) is -0.876. The zero-order valence-electron chi connectivity index (χ0n) is 13.9. The van der Waals surface area contributed by atoms with Crippen LogP contribution in [0.4, 0.5) is 10.5 Å². The number of hydrogen-bond donors (Lipinski definition) is 2. The molecule has 0 saturated carbocycles. The quantitative estimate of drug-likeness (QED) is 0.476. The molecule has 1 rings (SSSR count). The second-order valence-electron chi connectivity index (χ2n) is 6.01. The van der Waals surface area contributed by atoms with Crippen molar-refractivity contribution in [2.75, 3.05) is 7.11 Å². The van der Waals surface area contributed by atoms with Crippen molar-refractivity contribution in [3.63, 3.8) is 0 Å². The van der Waals surface area contributed by atoms with Crippen molar-refractivity contribution in [2.24, 2.45) is 0 Å². The van der Waals surface area contributed by atoms with E-state index in [0.717, 1.165) is 19.2 Å². The maximum Gasteiger partial charge on any atom is 0.408 e. The van der Waals surface area contributed by atoms with E-state index in [1.54, 1.807) is 20.8 Å². The first kappa shape index (κ1) is 19.2. The van der Waals surface area contributed by atoms with Gasteiger partial charge in [-0.2, -0.15) is 0 Å². The number of alkyl carbamates (subject to hydrolysis) is 1. The van der Waals surface area contributed by atoms with E-state index in [0.29, 0.717) is 5.56 Å². The minimum atomic E-state index is -1.09. The van der Waals surface area contributed by atoms with E-state index in [1.807, 2.05) is 0 Å². The fourth-order valence-corrected chi connectivity index (χ4v) is 1.86. The molecule has 0 bridgehead atoms. The molecule has 0 unspecified atom stereocenters. The largest absolute Gasteiger partial charge is 0.502 e. The zero-order valence-corrected chi connectivity index (χ0v) is 13.9. The number of nitrogens with zero attached hydrogens (tertiary/aromatic N) is 1. The number of carbonyl (C=O) groups is 2. The number of nitro benzene ring substituents is 1. The number of rotatable bonds is 5. The molecular formula is C15H20N2O7. The molecule has 1 atom stereocenters. The second kappa shape index (κ2) is 7.62. The zero-order chi connectivity index (χ0) is 18.5. The van der Waals surface area contributed by atoms with E-state index in [4.69, 9.17) is 4.74 Å². The van der Waals surface area contributed by atoms with Crippen molar-refractivity contribution >= 4 is 17.7 Å². The Bertz CT molecular complexity index is 637. The number of carbonyl (C=O) groups excluding carboxylic acids is 2. The number of aromatic hydroxyl groups is 1. The molecule has 0 aliphatic rings. The van der Waals surface area contributed by atoms with Gasteiger partial charge >= 0.3 is 17.7 Å². The van der Waals surface area contributed by atoms with E-state index in [-0.39, 0.29) is 6.42 Å². The number of esters is 1. The van der Waals surface area contributed by atoms with Crippen molar-refractivity contribution < 1.29 is 29.1 Å². The van der Waals surface area contributed by atoms with E-state index < -0.39 is 40.1 Å². The third kappa shape index (κ3) is 5.75. The number of amides is 1. The topological polar surface area (TPSA) is 128 Å². The highest BCUT2D eigenvalue weighted by molar-refractivity contribution is 5.81. The Labute approximate surface area is 138 Å². The molecule has 0 radical (unpaired) electrons. The van der Waals surface area contributed by atoms with Crippen LogP contribution in [0.15, 0.2) is 18.2 Å². The second-order valence-corrected chi connectivity index (χ2v) is 6.01. The first-order valence-corrected chi connectivity index (χ1v) is 7.07. The molecule has 0 spiro atoms. The van der Waals surface area contributed by atoms with Gasteiger partial charge < -0.3 is 19.9 Å². The van der Waals surface area contributed by atoms with Crippen LogP contribution in [-0.4, -0.2) is 40.8 Å². The summed E-state index contributed by atoms with van der Waals surface area (Å²) in [6.45, 7) is 5.01. The Kier molecular flexibility index (Phi) is 6.10. The van der Waals surface area contributed by atoms with Gasteiger partial charge in [0.15, 0.2) is 5.75 Å². The van der Waals surface area contributed by atoms with E-state index in [9.17, 15) is 24.8 Å².